The third kappa shape index (κ3) is 1.31. The van der Waals surface area contributed by atoms with E-state index < -0.39 is 11.8 Å². The van der Waals surface area contributed by atoms with E-state index in [1.54, 1.807) is 13.0 Å². The highest BCUT2D eigenvalue weighted by molar-refractivity contribution is 5.15. The summed E-state index contributed by atoms with van der Waals surface area (Å²) in [7, 11) is 0. The maximum atomic E-state index is 13.2. The molecule has 0 aromatic heterocycles. The number of halogens is 2. The third-order valence-electron chi connectivity index (χ3n) is 2.75. The number of allylic oxidation sites excluding steroid dienone is 2. The van der Waals surface area contributed by atoms with Crippen molar-refractivity contribution in [2.45, 2.75) is 33.1 Å². The number of alkyl halides is 2. The second-order valence-corrected chi connectivity index (χ2v) is 3.51. The summed E-state index contributed by atoms with van der Waals surface area (Å²) in [5, 5.41) is 0. The molecule has 0 saturated carbocycles. The van der Waals surface area contributed by atoms with E-state index in [4.69, 9.17) is 0 Å². The molecule has 1 aliphatic carbocycles. The van der Waals surface area contributed by atoms with Gasteiger partial charge in [0.05, 0.1) is 0 Å². The van der Waals surface area contributed by atoms with Crippen LogP contribution in [0.25, 0.3) is 0 Å². The summed E-state index contributed by atoms with van der Waals surface area (Å²) < 4.78 is 26.3. The Morgan fingerprint density at radius 1 is 1.45 bits per heavy atom. The lowest BCUT2D eigenvalue weighted by Gasteiger charge is -2.33. The first-order valence-electron chi connectivity index (χ1n) is 4.01. The molecule has 0 aromatic carbocycles. The second kappa shape index (κ2) is 2.58. The molecule has 64 valence electrons. The van der Waals surface area contributed by atoms with Gasteiger partial charge in [0.2, 0.25) is 0 Å². The van der Waals surface area contributed by atoms with E-state index in [1.165, 1.54) is 6.92 Å². The molecule has 0 nitrogen and oxygen atoms in total. The normalized spacial score (nSPS) is 36.6. The van der Waals surface area contributed by atoms with Crippen molar-refractivity contribution in [2.24, 2.45) is 11.8 Å². The molecule has 0 spiro atoms. The van der Waals surface area contributed by atoms with Crippen LogP contribution in [0.4, 0.5) is 8.78 Å². The van der Waals surface area contributed by atoms with Crippen LogP contribution in [-0.2, 0) is 0 Å². The fraction of sp³-hybridized carbons (Fsp3) is 0.778. The molecule has 0 radical (unpaired) electrons. The van der Waals surface area contributed by atoms with Gasteiger partial charge in [0.15, 0.2) is 0 Å². The lowest BCUT2D eigenvalue weighted by molar-refractivity contribution is -0.0416. The van der Waals surface area contributed by atoms with Crippen molar-refractivity contribution in [3.63, 3.8) is 0 Å². The van der Waals surface area contributed by atoms with Crippen LogP contribution in [0.3, 0.4) is 0 Å². The van der Waals surface area contributed by atoms with Gasteiger partial charge in [-0.2, -0.15) is 0 Å². The SMILES string of the molecule is CC1=CCC(C)C(C)C1(F)F. The fourth-order valence-electron chi connectivity index (χ4n) is 1.42. The average Bonchev–Trinajstić information content (AvgIpc) is 1.95. The van der Waals surface area contributed by atoms with Crippen LogP contribution in [0.2, 0.25) is 0 Å². The molecular formula is C9H14F2. The predicted octanol–water partition coefficient (Wildman–Crippen LogP) is 3.24. The van der Waals surface area contributed by atoms with E-state index in [-0.39, 0.29) is 11.5 Å². The summed E-state index contributed by atoms with van der Waals surface area (Å²) in [6.07, 6.45) is 2.45. The van der Waals surface area contributed by atoms with Gasteiger partial charge in [0, 0.05) is 5.92 Å². The topological polar surface area (TPSA) is 0 Å². The lowest BCUT2D eigenvalue weighted by Crippen LogP contribution is -2.34. The Kier molecular flexibility index (Phi) is 2.04. The van der Waals surface area contributed by atoms with Crippen LogP contribution < -0.4 is 0 Å². The standard InChI is InChI=1S/C9H14F2/c1-6-4-5-7(2)9(10,11)8(6)3/h5-6,8H,4H2,1-3H3. The van der Waals surface area contributed by atoms with Crippen molar-refractivity contribution in [1.82, 2.24) is 0 Å². The highest BCUT2D eigenvalue weighted by atomic mass is 19.3. The first kappa shape index (κ1) is 8.69. The summed E-state index contributed by atoms with van der Waals surface area (Å²) >= 11 is 0. The van der Waals surface area contributed by atoms with Crippen molar-refractivity contribution >= 4 is 0 Å². The van der Waals surface area contributed by atoms with Crippen LogP contribution in [0.1, 0.15) is 27.2 Å². The zero-order chi connectivity index (χ0) is 8.65. The second-order valence-electron chi connectivity index (χ2n) is 3.51. The van der Waals surface area contributed by atoms with E-state index in [1.807, 2.05) is 6.92 Å². The van der Waals surface area contributed by atoms with E-state index >= 15 is 0 Å². The first-order valence-corrected chi connectivity index (χ1v) is 4.01. The summed E-state index contributed by atoms with van der Waals surface area (Å²) in [5.74, 6) is -2.97. The van der Waals surface area contributed by atoms with Gasteiger partial charge in [0.25, 0.3) is 5.92 Å². The summed E-state index contributed by atoms with van der Waals surface area (Å²) in [4.78, 5) is 0. The molecule has 1 aliphatic rings. The summed E-state index contributed by atoms with van der Waals surface area (Å²) in [6, 6.07) is 0. The van der Waals surface area contributed by atoms with Crippen LogP contribution in [0.15, 0.2) is 11.6 Å². The van der Waals surface area contributed by atoms with Gasteiger partial charge < -0.3 is 0 Å². The molecule has 0 heterocycles. The van der Waals surface area contributed by atoms with E-state index in [2.05, 4.69) is 0 Å². The summed E-state index contributed by atoms with van der Waals surface area (Å²) in [6.45, 7) is 5.02. The highest BCUT2D eigenvalue weighted by Gasteiger charge is 2.43. The minimum atomic E-state index is -2.57. The monoisotopic (exact) mass is 160 g/mol. The Hall–Kier alpha value is -0.400. The zero-order valence-corrected chi connectivity index (χ0v) is 7.20. The summed E-state index contributed by atoms with van der Waals surface area (Å²) in [5.41, 5.74) is 0.239. The smallest absolute Gasteiger partial charge is 0.201 e. The average molecular weight is 160 g/mol. The Morgan fingerprint density at radius 2 is 2.00 bits per heavy atom. The van der Waals surface area contributed by atoms with Crippen molar-refractivity contribution in [3.8, 4) is 0 Å². The fourth-order valence-corrected chi connectivity index (χ4v) is 1.42. The molecule has 11 heavy (non-hydrogen) atoms. The minimum absolute atomic E-state index is 0.105. The number of hydrogen-bond donors (Lipinski definition) is 0. The molecule has 0 saturated heterocycles. The van der Waals surface area contributed by atoms with Crippen LogP contribution >= 0.6 is 0 Å². The predicted molar refractivity (Wildman–Crippen MR) is 41.6 cm³/mol. The molecular weight excluding hydrogens is 146 g/mol. The Bertz CT molecular complexity index is 182. The van der Waals surface area contributed by atoms with Crippen molar-refractivity contribution in [3.05, 3.63) is 11.6 Å². The molecule has 1 rings (SSSR count). The van der Waals surface area contributed by atoms with Gasteiger partial charge in [0.1, 0.15) is 0 Å². The maximum absolute atomic E-state index is 13.2. The highest BCUT2D eigenvalue weighted by Crippen LogP contribution is 2.41. The maximum Gasteiger partial charge on any atom is 0.271 e. The molecule has 0 amide bonds. The Balaban J connectivity index is 2.91. The molecule has 0 aromatic rings. The minimum Gasteiger partial charge on any atom is -0.201 e. The quantitative estimate of drug-likeness (QED) is 0.477. The van der Waals surface area contributed by atoms with E-state index in [9.17, 15) is 8.78 Å². The van der Waals surface area contributed by atoms with Gasteiger partial charge in [-0.3, -0.25) is 0 Å². The molecule has 2 heteroatoms. The van der Waals surface area contributed by atoms with Gasteiger partial charge >= 0.3 is 0 Å². The Labute approximate surface area is 66.3 Å². The number of hydrogen-bond acceptors (Lipinski definition) is 0. The van der Waals surface area contributed by atoms with Crippen molar-refractivity contribution in [1.29, 1.82) is 0 Å². The molecule has 0 N–H and O–H groups in total. The van der Waals surface area contributed by atoms with Gasteiger partial charge in [-0.25, -0.2) is 8.78 Å². The molecule has 0 bridgehead atoms. The van der Waals surface area contributed by atoms with Crippen molar-refractivity contribution < 1.29 is 8.78 Å². The largest absolute Gasteiger partial charge is 0.271 e. The lowest BCUT2D eigenvalue weighted by atomic mass is 9.79. The van der Waals surface area contributed by atoms with Gasteiger partial charge in [-0.1, -0.05) is 19.9 Å². The van der Waals surface area contributed by atoms with E-state index in [0.29, 0.717) is 0 Å². The van der Waals surface area contributed by atoms with Crippen LogP contribution in [0, 0.1) is 11.8 Å². The Morgan fingerprint density at radius 3 is 2.45 bits per heavy atom. The zero-order valence-electron chi connectivity index (χ0n) is 7.20. The van der Waals surface area contributed by atoms with E-state index in [0.717, 1.165) is 6.42 Å². The van der Waals surface area contributed by atoms with Gasteiger partial charge in [-0.05, 0) is 24.8 Å². The molecule has 2 atom stereocenters. The third-order valence-corrected chi connectivity index (χ3v) is 2.75. The first-order chi connectivity index (χ1) is 4.96. The molecule has 0 aliphatic heterocycles. The van der Waals surface area contributed by atoms with Crippen molar-refractivity contribution in [2.75, 3.05) is 0 Å². The number of rotatable bonds is 0. The molecule has 2 unspecified atom stereocenters. The van der Waals surface area contributed by atoms with Gasteiger partial charge in [-0.15, -0.1) is 0 Å². The molecule has 0 fully saturated rings. The van der Waals surface area contributed by atoms with Crippen LogP contribution in [-0.4, -0.2) is 5.92 Å². The van der Waals surface area contributed by atoms with Crippen LogP contribution in [0.5, 0.6) is 0 Å².